The average Bonchev–Trinajstić information content (AvgIpc) is 2.53. The van der Waals surface area contributed by atoms with E-state index < -0.39 is 0 Å². The summed E-state index contributed by atoms with van der Waals surface area (Å²) in [5, 5.41) is 0. The standard InChI is InChI=1S/C17H25NO2/c1-3-14-4-6-15(7-5-14)8-9-17(19)18-12-10-16(20-2)11-13-18/h4-7,16H,3,8-13H2,1-2H3. The van der Waals surface area contributed by atoms with Gasteiger partial charge >= 0.3 is 0 Å². The normalized spacial score (nSPS) is 16.4. The van der Waals surface area contributed by atoms with Gasteiger partial charge in [0.15, 0.2) is 0 Å². The summed E-state index contributed by atoms with van der Waals surface area (Å²) in [6, 6.07) is 8.60. The zero-order valence-corrected chi connectivity index (χ0v) is 12.6. The lowest BCUT2D eigenvalue weighted by atomic mass is 10.0. The predicted molar refractivity (Wildman–Crippen MR) is 80.8 cm³/mol. The number of carbonyl (C=O) groups excluding carboxylic acids is 1. The Bertz CT molecular complexity index is 419. The van der Waals surface area contributed by atoms with Crippen LogP contribution in [0.15, 0.2) is 24.3 Å². The molecule has 1 aliphatic rings. The van der Waals surface area contributed by atoms with Crippen molar-refractivity contribution in [1.82, 2.24) is 4.90 Å². The monoisotopic (exact) mass is 275 g/mol. The first kappa shape index (κ1) is 15.0. The van der Waals surface area contributed by atoms with Crippen LogP contribution in [0.2, 0.25) is 0 Å². The first-order valence-corrected chi connectivity index (χ1v) is 7.61. The van der Waals surface area contributed by atoms with Crippen LogP contribution in [0.3, 0.4) is 0 Å². The number of piperidine rings is 1. The molecule has 1 amide bonds. The number of ether oxygens (including phenoxy) is 1. The molecule has 0 N–H and O–H groups in total. The van der Waals surface area contributed by atoms with Crippen LogP contribution in [0.1, 0.15) is 37.3 Å². The fourth-order valence-corrected chi connectivity index (χ4v) is 2.69. The molecule has 20 heavy (non-hydrogen) atoms. The number of methoxy groups -OCH3 is 1. The Balaban J connectivity index is 1.77. The molecular formula is C17H25NO2. The van der Waals surface area contributed by atoms with Crippen LogP contribution < -0.4 is 0 Å². The summed E-state index contributed by atoms with van der Waals surface area (Å²) in [7, 11) is 1.75. The Morgan fingerprint density at radius 2 is 1.80 bits per heavy atom. The van der Waals surface area contributed by atoms with E-state index in [1.165, 1.54) is 11.1 Å². The van der Waals surface area contributed by atoms with E-state index in [-0.39, 0.29) is 5.91 Å². The number of hydrogen-bond donors (Lipinski definition) is 0. The van der Waals surface area contributed by atoms with Crippen molar-refractivity contribution >= 4 is 5.91 Å². The van der Waals surface area contributed by atoms with Gasteiger partial charge in [0.1, 0.15) is 0 Å². The molecule has 0 saturated carbocycles. The number of nitrogens with zero attached hydrogens (tertiary/aromatic N) is 1. The Kier molecular flexibility index (Phi) is 5.60. The van der Waals surface area contributed by atoms with Crippen molar-refractivity contribution in [2.24, 2.45) is 0 Å². The highest BCUT2D eigenvalue weighted by Crippen LogP contribution is 2.15. The lowest BCUT2D eigenvalue weighted by Crippen LogP contribution is -2.40. The van der Waals surface area contributed by atoms with Gasteiger partial charge in [0.25, 0.3) is 0 Å². The zero-order valence-electron chi connectivity index (χ0n) is 12.6. The van der Waals surface area contributed by atoms with Crippen molar-refractivity contribution in [1.29, 1.82) is 0 Å². The van der Waals surface area contributed by atoms with E-state index in [1.54, 1.807) is 7.11 Å². The highest BCUT2D eigenvalue weighted by molar-refractivity contribution is 5.76. The maximum absolute atomic E-state index is 12.2. The lowest BCUT2D eigenvalue weighted by Gasteiger charge is -2.31. The fourth-order valence-electron chi connectivity index (χ4n) is 2.69. The smallest absolute Gasteiger partial charge is 0.222 e. The number of rotatable bonds is 5. The van der Waals surface area contributed by atoms with Gasteiger partial charge in [-0.2, -0.15) is 0 Å². The maximum atomic E-state index is 12.2. The number of amides is 1. The molecule has 3 heteroatoms. The first-order chi connectivity index (χ1) is 9.72. The molecule has 0 unspecified atom stereocenters. The molecule has 0 bridgehead atoms. The van der Waals surface area contributed by atoms with Gasteiger partial charge in [-0.15, -0.1) is 0 Å². The van der Waals surface area contributed by atoms with Crippen LogP contribution >= 0.6 is 0 Å². The molecular weight excluding hydrogens is 250 g/mol. The summed E-state index contributed by atoms with van der Waals surface area (Å²) >= 11 is 0. The lowest BCUT2D eigenvalue weighted by molar-refractivity contribution is -0.133. The second-order valence-electron chi connectivity index (χ2n) is 5.49. The molecule has 1 saturated heterocycles. The molecule has 1 fully saturated rings. The van der Waals surface area contributed by atoms with Crippen molar-refractivity contribution in [2.75, 3.05) is 20.2 Å². The van der Waals surface area contributed by atoms with Crippen molar-refractivity contribution in [2.45, 2.75) is 45.1 Å². The van der Waals surface area contributed by atoms with E-state index >= 15 is 0 Å². The first-order valence-electron chi connectivity index (χ1n) is 7.61. The van der Waals surface area contributed by atoms with Gasteiger partial charge in [-0.1, -0.05) is 31.2 Å². The quantitative estimate of drug-likeness (QED) is 0.827. The molecule has 1 heterocycles. The number of benzene rings is 1. The Morgan fingerprint density at radius 3 is 2.35 bits per heavy atom. The molecule has 3 nitrogen and oxygen atoms in total. The number of carbonyl (C=O) groups is 1. The molecule has 0 aliphatic carbocycles. The SMILES string of the molecule is CCc1ccc(CCC(=O)N2CCC(OC)CC2)cc1. The fraction of sp³-hybridized carbons (Fsp3) is 0.588. The molecule has 0 spiro atoms. The van der Waals surface area contributed by atoms with Crippen molar-refractivity contribution in [3.05, 3.63) is 35.4 Å². The minimum absolute atomic E-state index is 0.277. The van der Waals surface area contributed by atoms with Gasteiger partial charge in [-0.3, -0.25) is 4.79 Å². The summed E-state index contributed by atoms with van der Waals surface area (Å²) < 4.78 is 5.33. The second-order valence-corrected chi connectivity index (χ2v) is 5.49. The van der Waals surface area contributed by atoms with Gasteiger partial charge in [0.2, 0.25) is 5.91 Å². The zero-order chi connectivity index (χ0) is 14.4. The van der Waals surface area contributed by atoms with E-state index in [4.69, 9.17) is 4.74 Å². The molecule has 110 valence electrons. The Labute approximate surface area is 121 Å². The maximum Gasteiger partial charge on any atom is 0.222 e. The van der Waals surface area contributed by atoms with Crippen LogP contribution in [-0.4, -0.2) is 37.1 Å². The van der Waals surface area contributed by atoms with Gasteiger partial charge in [-0.25, -0.2) is 0 Å². The third-order valence-corrected chi connectivity index (χ3v) is 4.19. The topological polar surface area (TPSA) is 29.5 Å². The van der Waals surface area contributed by atoms with Crippen molar-refractivity contribution < 1.29 is 9.53 Å². The highest BCUT2D eigenvalue weighted by atomic mass is 16.5. The highest BCUT2D eigenvalue weighted by Gasteiger charge is 2.21. The van der Waals surface area contributed by atoms with Crippen LogP contribution in [0.4, 0.5) is 0 Å². The Morgan fingerprint density at radius 1 is 1.20 bits per heavy atom. The number of aryl methyl sites for hydroxylation is 2. The van der Waals surface area contributed by atoms with E-state index in [0.717, 1.165) is 38.8 Å². The van der Waals surface area contributed by atoms with E-state index in [2.05, 4.69) is 31.2 Å². The third kappa shape index (κ3) is 4.07. The van der Waals surface area contributed by atoms with Crippen LogP contribution in [0.25, 0.3) is 0 Å². The summed E-state index contributed by atoms with van der Waals surface area (Å²) in [5.74, 6) is 0.277. The van der Waals surface area contributed by atoms with Gasteiger partial charge in [0.05, 0.1) is 6.10 Å². The predicted octanol–water partition coefficient (Wildman–Crippen LogP) is 2.82. The van der Waals surface area contributed by atoms with Gasteiger partial charge in [0, 0.05) is 26.6 Å². The molecule has 0 aromatic heterocycles. The summed E-state index contributed by atoms with van der Waals surface area (Å²) in [6.45, 7) is 3.83. The van der Waals surface area contributed by atoms with E-state index in [9.17, 15) is 4.79 Å². The van der Waals surface area contributed by atoms with Crippen molar-refractivity contribution in [3.63, 3.8) is 0 Å². The third-order valence-electron chi connectivity index (χ3n) is 4.19. The van der Waals surface area contributed by atoms with Gasteiger partial charge in [-0.05, 0) is 36.8 Å². The van der Waals surface area contributed by atoms with Crippen LogP contribution in [0, 0.1) is 0 Å². The van der Waals surface area contributed by atoms with Gasteiger partial charge < -0.3 is 9.64 Å². The minimum Gasteiger partial charge on any atom is -0.381 e. The second kappa shape index (κ2) is 7.44. The molecule has 1 aromatic carbocycles. The van der Waals surface area contributed by atoms with E-state index in [0.29, 0.717) is 12.5 Å². The summed E-state index contributed by atoms with van der Waals surface area (Å²) in [6.07, 6.45) is 4.78. The minimum atomic E-state index is 0.277. The van der Waals surface area contributed by atoms with Crippen LogP contribution in [-0.2, 0) is 22.4 Å². The Hall–Kier alpha value is -1.35. The number of hydrogen-bond acceptors (Lipinski definition) is 2. The molecule has 1 aromatic rings. The summed E-state index contributed by atoms with van der Waals surface area (Å²) in [5.41, 5.74) is 2.60. The largest absolute Gasteiger partial charge is 0.381 e. The molecule has 2 rings (SSSR count). The average molecular weight is 275 g/mol. The molecule has 0 radical (unpaired) electrons. The molecule has 1 aliphatic heterocycles. The summed E-state index contributed by atoms with van der Waals surface area (Å²) in [4.78, 5) is 14.2. The molecule has 0 atom stereocenters. The van der Waals surface area contributed by atoms with E-state index in [1.807, 2.05) is 4.90 Å². The van der Waals surface area contributed by atoms with Crippen LogP contribution in [0.5, 0.6) is 0 Å². The van der Waals surface area contributed by atoms with Crippen molar-refractivity contribution in [3.8, 4) is 0 Å². The number of likely N-dealkylation sites (tertiary alicyclic amines) is 1.